The molecule has 0 bridgehead atoms. The average molecular weight is 346 g/mol. The Kier molecular flexibility index (Phi) is 5.38. The van der Waals surface area contributed by atoms with Crippen LogP contribution in [-0.4, -0.2) is 62.0 Å². The Morgan fingerprint density at radius 1 is 1.53 bits per heavy atom. The second-order valence-corrected chi connectivity index (χ2v) is 7.26. The van der Waals surface area contributed by atoms with E-state index in [0.29, 0.717) is 0 Å². The second-order valence-electron chi connectivity index (χ2n) is 4.89. The number of thiophene rings is 1. The summed E-state index contributed by atoms with van der Waals surface area (Å²) in [6.07, 6.45) is 0. The van der Waals surface area contributed by atoms with E-state index in [9.17, 15) is 4.79 Å². The number of amides is 1. The molecule has 1 saturated heterocycles. The Hall–Kier alpha value is -0.430. The molecule has 1 aromatic rings. The minimum atomic E-state index is 0.119. The van der Waals surface area contributed by atoms with E-state index in [4.69, 9.17) is 0 Å². The Balaban J connectivity index is 1.85. The van der Waals surface area contributed by atoms with Gasteiger partial charge in [0, 0.05) is 46.3 Å². The molecule has 1 amide bonds. The molecule has 1 aliphatic heterocycles. The fourth-order valence-corrected chi connectivity index (χ4v) is 3.61. The van der Waals surface area contributed by atoms with Crippen LogP contribution in [0.1, 0.15) is 15.2 Å². The van der Waals surface area contributed by atoms with Gasteiger partial charge in [-0.1, -0.05) is 0 Å². The van der Waals surface area contributed by atoms with Crippen LogP contribution in [-0.2, 0) is 0 Å². The van der Waals surface area contributed by atoms with E-state index in [1.807, 2.05) is 24.9 Å². The predicted molar refractivity (Wildman–Crippen MR) is 83.0 cm³/mol. The van der Waals surface area contributed by atoms with E-state index in [-0.39, 0.29) is 5.91 Å². The highest BCUT2D eigenvalue weighted by Crippen LogP contribution is 2.27. The van der Waals surface area contributed by atoms with Crippen LogP contribution in [0.25, 0.3) is 0 Å². The van der Waals surface area contributed by atoms with Gasteiger partial charge in [0.25, 0.3) is 5.91 Å². The highest BCUT2D eigenvalue weighted by molar-refractivity contribution is 9.11. The number of carbonyl (C=O) groups excluding carboxylic acids is 1. The van der Waals surface area contributed by atoms with Gasteiger partial charge in [0.2, 0.25) is 0 Å². The lowest BCUT2D eigenvalue weighted by Gasteiger charge is -2.29. The molecule has 1 aliphatic rings. The first kappa shape index (κ1) is 15.0. The minimum Gasteiger partial charge on any atom is -0.340 e. The van der Waals surface area contributed by atoms with Crippen molar-refractivity contribution in [2.24, 2.45) is 0 Å². The molecule has 0 spiro atoms. The van der Waals surface area contributed by atoms with Crippen LogP contribution in [0, 0.1) is 6.92 Å². The van der Waals surface area contributed by atoms with E-state index >= 15 is 0 Å². The van der Waals surface area contributed by atoms with E-state index in [2.05, 4.69) is 26.1 Å². The number of likely N-dealkylation sites (N-methyl/N-ethyl adjacent to an activating group) is 1. The van der Waals surface area contributed by atoms with Crippen molar-refractivity contribution >= 4 is 33.2 Å². The molecule has 1 fully saturated rings. The minimum absolute atomic E-state index is 0.119. The number of halogens is 1. The maximum absolute atomic E-state index is 12.3. The van der Waals surface area contributed by atoms with Gasteiger partial charge in [-0.3, -0.25) is 9.69 Å². The van der Waals surface area contributed by atoms with Crippen LogP contribution in [0.4, 0.5) is 0 Å². The topological polar surface area (TPSA) is 35.6 Å². The summed E-state index contributed by atoms with van der Waals surface area (Å²) in [4.78, 5) is 17.3. The van der Waals surface area contributed by atoms with Gasteiger partial charge in [-0.25, -0.2) is 0 Å². The molecule has 0 atom stereocenters. The van der Waals surface area contributed by atoms with Crippen LogP contribution in [0.5, 0.6) is 0 Å². The summed E-state index contributed by atoms with van der Waals surface area (Å²) in [5.74, 6) is 0.119. The summed E-state index contributed by atoms with van der Waals surface area (Å²) in [6, 6.07) is 1.96. The monoisotopic (exact) mass is 345 g/mol. The average Bonchev–Trinajstić information content (AvgIpc) is 2.76. The van der Waals surface area contributed by atoms with Gasteiger partial charge >= 0.3 is 0 Å². The van der Waals surface area contributed by atoms with Gasteiger partial charge in [-0.2, -0.15) is 0 Å². The van der Waals surface area contributed by atoms with E-state index < -0.39 is 0 Å². The molecule has 2 heterocycles. The predicted octanol–water partition coefficient (Wildman–Crippen LogP) is 1.80. The summed E-state index contributed by atoms with van der Waals surface area (Å²) >= 11 is 4.98. The maximum atomic E-state index is 12.3. The van der Waals surface area contributed by atoms with Gasteiger partial charge in [0.15, 0.2) is 0 Å². The van der Waals surface area contributed by atoms with Gasteiger partial charge in [-0.15, -0.1) is 11.3 Å². The van der Waals surface area contributed by atoms with E-state index in [1.165, 1.54) is 11.3 Å². The number of rotatable bonds is 4. The molecule has 0 aromatic carbocycles. The third kappa shape index (κ3) is 4.02. The lowest BCUT2D eigenvalue weighted by Crippen LogP contribution is -2.46. The third-order valence-electron chi connectivity index (χ3n) is 3.38. The number of carbonyl (C=O) groups is 1. The SMILES string of the molecule is Cc1cc(C(=O)N(C)CCN2CCNCC2)sc1Br. The number of nitrogens with one attached hydrogen (secondary N) is 1. The fraction of sp³-hybridized carbons (Fsp3) is 0.615. The highest BCUT2D eigenvalue weighted by atomic mass is 79.9. The Labute approximate surface area is 126 Å². The quantitative estimate of drug-likeness (QED) is 0.903. The first-order valence-electron chi connectivity index (χ1n) is 6.52. The van der Waals surface area contributed by atoms with Crippen LogP contribution < -0.4 is 5.32 Å². The summed E-state index contributed by atoms with van der Waals surface area (Å²) in [5, 5.41) is 3.33. The molecule has 0 unspecified atom stereocenters. The molecule has 2 rings (SSSR count). The summed E-state index contributed by atoms with van der Waals surface area (Å²) in [6.45, 7) is 8.00. The van der Waals surface area contributed by atoms with Crippen molar-refractivity contribution in [3.05, 3.63) is 20.3 Å². The van der Waals surface area contributed by atoms with Crippen molar-refractivity contribution in [1.82, 2.24) is 15.1 Å². The molecule has 0 radical (unpaired) electrons. The molecule has 0 saturated carbocycles. The van der Waals surface area contributed by atoms with Gasteiger partial charge in [0.1, 0.15) is 0 Å². The van der Waals surface area contributed by atoms with Crippen molar-refractivity contribution in [2.45, 2.75) is 6.92 Å². The Morgan fingerprint density at radius 2 is 2.21 bits per heavy atom. The lowest BCUT2D eigenvalue weighted by atomic mass is 10.3. The number of hydrogen-bond acceptors (Lipinski definition) is 4. The highest BCUT2D eigenvalue weighted by Gasteiger charge is 2.17. The zero-order valence-corrected chi connectivity index (χ0v) is 13.8. The molecule has 106 valence electrons. The van der Waals surface area contributed by atoms with E-state index in [0.717, 1.165) is 53.5 Å². The molecular formula is C13H20BrN3OS. The number of aryl methyl sites for hydroxylation is 1. The third-order valence-corrected chi connectivity index (χ3v) is 5.50. The van der Waals surface area contributed by atoms with Crippen LogP contribution >= 0.6 is 27.3 Å². The molecule has 1 aromatic heterocycles. The van der Waals surface area contributed by atoms with E-state index in [1.54, 1.807) is 0 Å². The van der Waals surface area contributed by atoms with Crippen molar-refractivity contribution in [1.29, 1.82) is 0 Å². The zero-order chi connectivity index (χ0) is 13.8. The Bertz CT molecular complexity index is 424. The number of hydrogen-bond donors (Lipinski definition) is 1. The van der Waals surface area contributed by atoms with Crippen molar-refractivity contribution in [3.63, 3.8) is 0 Å². The maximum Gasteiger partial charge on any atom is 0.263 e. The molecule has 1 N–H and O–H groups in total. The zero-order valence-electron chi connectivity index (χ0n) is 11.4. The molecule has 6 heteroatoms. The fourth-order valence-electron chi connectivity index (χ4n) is 2.08. The summed E-state index contributed by atoms with van der Waals surface area (Å²) in [5.41, 5.74) is 1.13. The smallest absolute Gasteiger partial charge is 0.263 e. The van der Waals surface area contributed by atoms with Crippen molar-refractivity contribution in [3.8, 4) is 0 Å². The van der Waals surface area contributed by atoms with Crippen LogP contribution in [0.2, 0.25) is 0 Å². The summed E-state index contributed by atoms with van der Waals surface area (Å²) < 4.78 is 1.05. The standard InChI is InChI=1S/C13H20BrN3OS/c1-10-9-11(19-12(10)14)13(18)16(2)7-8-17-5-3-15-4-6-17/h9,15H,3-8H2,1-2H3. The van der Waals surface area contributed by atoms with Crippen molar-refractivity contribution < 1.29 is 4.79 Å². The summed E-state index contributed by atoms with van der Waals surface area (Å²) in [7, 11) is 1.88. The first-order valence-corrected chi connectivity index (χ1v) is 8.13. The lowest BCUT2D eigenvalue weighted by molar-refractivity contribution is 0.0779. The van der Waals surface area contributed by atoms with Gasteiger partial charge < -0.3 is 10.2 Å². The largest absolute Gasteiger partial charge is 0.340 e. The Morgan fingerprint density at radius 3 is 2.79 bits per heavy atom. The number of piperazine rings is 1. The molecule has 0 aliphatic carbocycles. The molecule has 4 nitrogen and oxygen atoms in total. The van der Waals surface area contributed by atoms with Gasteiger partial charge in [-0.05, 0) is 34.5 Å². The van der Waals surface area contributed by atoms with Crippen molar-refractivity contribution in [2.75, 3.05) is 46.3 Å². The van der Waals surface area contributed by atoms with Crippen LogP contribution in [0.15, 0.2) is 9.85 Å². The molecular weight excluding hydrogens is 326 g/mol. The van der Waals surface area contributed by atoms with Crippen LogP contribution in [0.3, 0.4) is 0 Å². The first-order chi connectivity index (χ1) is 9.08. The second kappa shape index (κ2) is 6.83. The van der Waals surface area contributed by atoms with Gasteiger partial charge in [0.05, 0.1) is 8.66 Å². The molecule has 19 heavy (non-hydrogen) atoms. The normalized spacial score (nSPS) is 16.6. The number of nitrogens with zero attached hydrogens (tertiary/aromatic N) is 2.